The van der Waals surface area contributed by atoms with E-state index in [4.69, 9.17) is 25.9 Å². The molecule has 3 atom stereocenters. The van der Waals surface area contributed by atoms with Crippen LogP contribution in [0.5, 0.6) is 0 Å². The number of nitrogens with zero attached hydrogens (tertiary/aromatic N) is 4. The number of hydrogen-bond donors (Lipinski definition) is 0. The lowest BCUT2D eigenvalue weighted by Crippen LogP contribution is -2.51. The summed E-state index contributed by atoms with van der Waals surface area (Å²) in [5.41, 5.74) is 1.91. The minimum Gasteiger partial charge on any atom is -0.463 e. The van der Waals surface area contributed by atoms with Gasteiger partial charge in [-0.05, 0) is 57.0 Å². The Morgan fingerprint density at radius 2 is 1.97 bits per heavy atom. The predicted molar refractivity (Wildman–Crippen MR) is 127 cm³/mol. The molecule has 3 aromatic rings. The van der Waals surface area contributed by atoms with Gasteiger partial charge in [0, 0.05) is 43.3 Å². The quantitative estimate of drug-likeness (QED) is 0.551. The Kier molecular flexibility index (Phi) is 6.27. The number of aromatic nitrogens is 2. The van der Waals surface area contributed by atoms with Crippen molar-refractivity contribution in [2.45, 2.75) is 44.9 Å². The molecule has 4 heterocycles. The van der Waals surface area contributed by atoms with Crippen molar-refractivity contribution in [3.8, 4) is 17.1 Å². The molecule has 1 amide bonds. The highest BCUT2D eigenvalue weighted by molar-refractivity contribution is 6.30. The second-order valence-electron chi connectivity index (χ2n) is 9.05. The molecule has 0 saturated carbocycles. The molecule has 2 aliphatic heterocycles. The number of furan rings is 1. The SMILES string of the molecule is CC1CN(CC2CCCN2C(=O)c2cc(-c3ccco3)n(-c3cccc(Cl)c3)n2)CC(C)O1. The normalized spacial score (nSPS) is 23.8. The van der Waals surface area contributed by atoms with Gasteiger partial charge in [0.05, 0.1) is 24.2 Å². The van der Waals surface area contributed by atoms with Crippen LogP contribution >= 0.6 is 11.6 Å². The number of hydrogen-bond acceptors (Lipinski definition) is 5. The van der Waals surface area contributed by atoms with E-state index in [0.29, 0.717) is 16.5 Å². The average molecular weight is 469 g/mol. The lowest BCUT2D eigenvalue weighted by molar-refractivity contribution is -0.0715. The Bertz CT molecular complexity index is 1100. The van der Waals surface area contributed by atoms with Crippen molar-refractivity contribution < 1.29 is 13.9 Å². The molecule has 0 N–H and O–H groups in total. The second-order valence-corrected chi connectivity index (χ2v) is 9.49. The fraction of sp³-hybridized carbons (Fsp3) is 0.440. The number of rotatable bonds is 5. The van der Waals surface area contributed by atoms with Crippen LogP contribution in [0.1, 0.15) is 37.2 Å². The number of ether oxygens (including phenoxy) is 1. The Labute approximate surface area is 198 Å². The maximum atomic E-state index is 13.6. The fourth-order valence-corrected chi connectivity index (χ4v) is 5.25. The monoisotopic (exact) mass is 468 g/mol. The molecule has 5 rings (SSSR count). The second kappa shape index (κ2) is 9.33. The van der Waals surface area contributed by atoms with Crippen LogP contribution in [0.3, 0.4) is 0 Å². The third kappa shape index (κ3) is 4.71. The van der Waals surface area contributed by atoms with Crippen LogP contribution in [0.25, 0.3) is 17.1 Å². The molecule has 2 fully saturated rings. The van der Waals surface area contributed by atoms with Gasteiger partial charge in [0.25, 0.3) is 5.91 Å². The predicted octanol–water partition coefficient (Wildman–Crippen LogP) is 4.50. The van der Waals surface area contributed by atoms with Crippen LogP contribution in [-0.2, 0) is 4.74 Å². The van der Waals surface area contributed by atoms with E-state index in [-0.39, 0.29) is 24.2 Å². The first-order valence-electron chi connectivity index (χ1n) is 11.6. The van der Waals surface area contributed by atoms with Gasteiger partial charge in [-0.15, -0.1) is 0 Å². The van der Waals surface area contributed by atoms with Gasteiger partial charge in [-0.1, -0.05) is 17.7 Å². The Balaban J connectivity index is 1.41. The molecule has 0 radical (unpaired) electrons. The number of carbonyl (C=O) groups excluding carboxylic acids is 1. The maximum Gasteiger partial charge on any atom is 0.274 e. The highest BCUT2D eigenvalue weighted by Crippen LogP contribution is 2.28. The highest BCUT2D eigenvalue weighted by atomic mass is 35.5. The molecule has 7 nitrogen and oxygen atoms in total. The number of benzene rings is 1. The molecule has 0 aliphatic carbocycles. The van der Waals surface area contributed by atoms with Crippen molar-refractivity contribution >= 4 is 17.5 Å². The Morgan fingerprint density at radius 1 is 1.15 bits per heavy atom. The van der Waals surface area contributed by atoms with E-state index in [1.54, 1.807) is 10.9 Å². The van der Waals surface area contributed by atoms with Gasteiger partial charge in [0.2, 0.25) is 0 Å². The molecule has 33 heavy (non-hydrogen) atoms. The van der Waals surface area contributed by atoms with Crippen molar-refractivity contribution in [2.75, 3.05) is 26.2 Å². The number of carbonyl (C=O) groups is 1. The third-order valence-electron chi connectivity index (χ3n) is 6.36. The van der Waals surface area contributed by atoms with Crippen molar-refractivity contribution in [2.24, 2.45) is 0 Å². The van der Waals surface area contributed by atoms with Gasteiger partial charge in [-0.3, -0.25) is 9.69 Å². The van der Waals surface area contributed by atoms with E-state index < -0.39 is 0 Å². The van der Waals surface area contributed by atoms with Gasteiger partial charge in [-0.2, -0.15) is 5.10 Å². The van der Waals surface area contributed by atoms with Crippen LogP contribution in [0.4, 0.5) is 0 Å². The Morgan fingerprint density at radius 3 is 2.70 bits per heavy atom. The van der Waals surface area contributed by atoms with Crippen molar-refractivity contribution in [3.63, 3.8) is 0 Å². The van der Waals surface area contributed by atoms with E-state index in [1.807, 2.05) is 47.4 Å². The Hall–Kier alpha value is -2.61. The molecule has 174 valence electrons. The fourth-order valence-electron chi connectivity index (χ4n) is 5.06. The molecule has 0 bridgehead atoms. The standard InChI is InChI=1S/C25H29ClN4O3/c1-17-14-28(15-18(2)33-17)16-21-8-4-10-29(21)25(31)22-13-23(24-9-5-11-32-24)30(27-22)20-7-3-6-19(26)12-20/h3,5-7,9,11-13,17-18,21H,4,8,10,14-16H2,1-2H3. The summed E-state index contributed by atoms with van der Waals surface area (Å²) in [6.07, 6.45) is 4.05. The van der Waals surface area contributed by atoms with Crippen molar-refractivity contribution in [1.82, 2.24) is 19.6 Å². The zero-order valence-corrected chi connectivity index (χ0v) is 19.7. The minimum atomic E-state index is -0.0413. The summed E-state index contributed by atoms with van der Waals surface area (Å²) in [6, 6.07) is 13.1. The zero-order chi connectivity index (χ0) is 22.9. The van der Waals surface area contributed by atoms with Crippen molar-refractivity contribution in [1.29, 1.82) is 0 Å². The first kappa shape index (κ1) is 22.2. The summed E-state index contributed by atoms with van der Waals surface area (Å²) in [7, 11) is 0. The maximum absolute atomic E-state index is 13.6. The number of halogens is 1. The lowest BCUT2D eigenvalue weighted by atomic mass is 10.1. The van der Waals surface area contributed by atoms with Crippen LogP contribution in [0.15, 0.2) is 53.1 Å². The van der Waals surface area contributed by atoms with Gasteiger partial charge < -0.3 is 14.1 Å². The third-order valence-corrected chi connectivity index (χ3v) is 6.59. The smallest absolute Gasteiger partial charge is 0.274 e. The van der Waals surface area contributed by atoms with Crippen LogP contribution < -0.4 is 0 Å². The largest absolute Gasteiger partial charge is 0.463 e. The molecule has 0 spiro atoms. The van der Waals surface area contributed by atoms with E-state index in [9.17, 15) is 4.79 Å². The first-order valence-corrected chi connectivity index (χ1v) is 11.9. The van der Waals surface area contributed by atoms with Crippen LogP contribution in [0, 0.1) is 0 Å². The molecule has 2 aromatic heterocycles. The molecule has 2 saturated heterocycles. The summed E-state index contributed by atoms with van der Waals surface area (Å²) in [4.78, 5) is 18.0. The molecule has 1 aromatic carbocycles. The van der Waals surface area contributed by atoms with Gasteiger partial charge in [-0.25, -0.2) is 4.68 Å². The molecule has 2 aliphatic rings. The van der Waals surface area contributed by atoms with E-state index in [1.165, 1.54) is 0 Å². The molecule has 8 heteroatoms. The summed E-state index contributed by atoms with van der Waals surface area (Å²) >= 11 is 6.22. The molecular weight excluding hydrogens is 440 g/mol. The van der Waals surface area contributed by atoms with Gasteiger partial charge in [0.1, 0.15) is 5.69 Å². The van der Waals surface area contributed by atoms with Crippen LogP contribution in [0.2, 0.25) is 5.02 Å². The minimum absolute atomic E-state index is 0.0413. The first-order chi connectivity index (χ1) is 16.0. The molecular formula is C25H29ClN4O3. The van der Waals surface area contributed by atoms with E-state index in [0.717, 1.165) is 50.4 Å². The number of likely N-dealkylation sites (tertiary alicyclic amines) is 1. The van der Waals surface area contributed by atoms with Gasteiger partial charge >= 0.3 is 0 Å². The molecule has 3 unspecified atom stereocenters. The summed E-state index contributed by atoms with van der Waals surface area (Å²) in [6.45, 7) is 7.63. The number of amides is 1. The van der Waals surface area contributed by atoms with Crippen LogP contribution in [-0.4, -0.2) is 69.9 Å². The van der Waals surface area contributed by atoms with E-state index in [2.05, 4.69) is 18.7 Å². The zero-order valence-electron chi connectivity index (χ0n) is 19.0. The summed E-state index contributed by atoms with van der Waals surface area (Å²) < 4.78 is 13.2. The topological polar surface area (TPSA) is 63.7 Å². The summed E-state index contributed by atoms with van der Waals surface area (Å²) in [5, 5.41) is 5.31. The number of morpholine rings is 1. The van der Waals surface area contributed by atoms with Crippen molar-refractivity contribution in [3.05, 3.63) is 59.4 Å². The van der Waals surface area contributed by atoms with Gasteiger partial charge in [0.15, 0.2) is 11.5 Å². The average Bonchev–Trinajstić information content (AvgIpc) is 3.53. The highest BCUT2D eigenvalue weighted by Gasteiger charge is 2.34. The van der Waals surface area contributed by atoms with E-state index >= 15 is 0 Å². The lowest BCUT2D eigenvalue weighted by Gasteiger charge is -2.38. The summed E-state index contributed by atoms with van der Waals surface area (Å²) in [5.74, 6) is 0.608.